The van der Waals surface area contributed by atoms with Gasteiger partial charge in [0.2, 0.25) is 5.89 Å². The first-order valence-electron chi connectivity index (χ1n) is 9.07. The van der Waals surface area contributed by atoms with E-state index in [1.807, 2.05) is 31.2 Å². The number of amides is 1. The summed E-state index contributed by atoms with van der Waals surface area (Å²) in [4.78, 5) is 24.2. The number of carbonyl (C=O) groups excluding carboxylic acids is 2. The van der Waals surface area contributed by atoms with Gasteiger partial charge in [-0.05, 0) is 49.4 Å². The first-order chi connectivity index (χ1) is 14.6. The Balaban J connectivity index is 1.31. The lowest BCUT2D eigenvalue weighted by atomic mass is 10.2. The molecule has 4 aromatic rings. The molecule has 1 amide bonds. The molecule has 150 valence electrons. The van der Waals surface area contributed by atoms with E-state index < -0.39 is 18.5 Å². The Labute approximate surface area is 171 Å². The fourth-order valence-electron chi connectivity index (χ4n) is 2.72. The van der Waals surface area contributed by atoms with Gasteiger partial charge in [-0.2, -0.15) is 5.10 Å². The first kappa shape index (κ1) is 19.1. The zero-order valence-electron chi connectivity index (χ0n) is 16.0. The summed E-state index contributed by atoms with van der Waals surface area (Å²) in [5.41, 5.74) is 2.84. The van der Waals surface area contributed by atoms with Crippen LogP contribution >= 0.6 is 0 Å². The van der Waals surface area contributed by atoms with Gasteiger partial charge in [-0.15, -0.1) is 5.10 Å². The Morgan fingerprint density at radius 1 is 1.03 bits per heavy atom. The highest BCUT2D eigenvalue weighted by Gasteiger charge is 2.14. The third kappa shape index (κ3) is 4.25. The van der Waals surface area contributed by atoms with Gasteiger partial charge in [-0.1, -0.05) is 23.3 Å². The quantitative estimate of drug-likeness (QED) is 0.493. The summed E-state index contributed by atoms with van der Waals surface area (Å²) >= 11 is 0. The molecule has 2 aromatic heterocycles. The molecule has 0 saturated carbocycles. The number of anilines is 1. The lowest BCUT2D eigenvalue weighted by molar-refractivity contribution is -0.119. The largest absolute Gasteiger partial charge is 0.452 e. The summed E-state index contributed by atoms with van der Waals surface area (Å²) in [6, 6.07) is 17.7. The summed E-state index contributed by atoms with van der Waals surface area (Å²) in [7, 11) is 0. The molecule has 0 radical (unpaired) electrons. The minimum Gasteiger partial charge on any atom is -0.452 e. The van der Waals surface area contributed by atoms with Crippen LogP contribution in [0.15, 0.2) is 71.3 Å². The lowest BCUT2D eigenvalue weighted by Crippen LogP contribution is -2.21. The Kier molecular flexibility index (Phi) is 5.33. The molecule has 0 saturated heterocycles. The molecule has 0 spiro atoms. The highest BCUT2D eigenvalue weighted by molar-refractivity contribution is 5.94. The maximum Gasteiger partial charge on any atom is 0.338 e. The van der Waals surface area contributed by atoms with Gasteiger partial charge in [0.15, 0.2) is 6.61 Å². The second-order valence-corrected chi connectivity index (χ2v) is 6.33. The van der Waals surface area contributed by atoms with Gasteiger partial charge >= 0.3 is 12.0 Å². The fraction of sp³-hybridized carbons (Fsp3) is 0.0952. The minimum atomic E-state index is -0.621. The van der Waals surface area contributed by atoms with E-state index in [0.29, 0.717) is 5.56 Å². The topological polar surface area (TPSA) is 112 Å². The molecule has 2 aromatic carbocycles. The van der Waals surface area contributed by atoms with Gasteiger partial charge in [0, 0.05) is 17.5 Å². The van der Waals surface area contributed by atoms with E-state index in [1.54, 1.807) is 47.3 Å². The number of aromatic nitrogens is 4. The van der Waals surface area contributed by atoms with Crippen LogP contribution in [0.2, 0.25) is 0 Å². The average Bonchev–Trinajstić information content (AvgIpc) is 3.42. The number of hydrogen-bond donors (Lipinski definition) is 1. The van der Waals surface area contributed by atoms with Gasteiger partial charge in [0.25, 0.3) is 5.91 Å². The molecule has 0 bridgehead atoms. The standard InChI is InChI=1S/C21H17N5O4/c1-14-11-12-22-26(14)17-9-7-16(8-10-17)20(28)29-13-18(27)23-21-25-24-19(30-21)15-5-3-2-4-6-15/h2-12H,13H2,1H3,(H,23,25,27). The van der Waals surface area contributed by atoms with Crippen LogP contribution in [-0.4, -0.2) is 38.5 Å². The predicted molar refractivity (Wildman–Crippen MR) is 107 cm³/mol. The number of hydrogen-bond acceptors (Lipinski definition) is 7. The van der Waals surface area contributed by atoms with Crippen LogP contribution in [0.3, 0.4) is 0 Å². The third-order valence-corrected chi connectivity index (χ3v) is 4.21. The fourth-order valence-corrected chi connectivity index (χ4v) is 2.72. The SMILES string of the molecule is Cc1ccnn1-c1ccc(C(=O)OCC(=O)Nc2nnc(-c3ccccc3)o2)cc1. The van der Waals surface area contributed by atoms with Crippen molar-refractivity contribution in [2.24, 2.45) is 0 Å². The molecule has 1 N–H and O–H groups in total. The smallest absolute Gasteiger partial charge is 0.338 e. The Morgan fingerprint density at radius 2 is 1.80 bits per heavy atom. The second kappa shape index (κ2) is 8.39. The van der Waals surface area contributed by atoms with E-state index in [-0.39, 0.29) is 11.9 Å². The first-order valence-corrected chi connectivity index (χ1v) is 9.07. The predicted octanol–water partition coefficient (Wildman–Crippen LogP) is 3.03. The molecule has 0 atom stereocenters. The van der Waals surface area contributed by atoms with Crippen molar-refractivity contribution in [2.75, 3.05) is 11.9 Å². The molecule has 30 heavy (non-hydrogen) atoms. The normalized spacial score (nSPS) is 10.6. The van der Waals surface area contributed by atoms with Crippen LogP contribution in [0, 0.1) is 6.92 Å². The Hall–Kier alpha value is -4.27. The number of rotatable bonds is 6. The number of nitrogens with one attached hydrogen (secondary N) is 1. The molecule has 9 heteroatoms. The van der Waals surface area contributed by atoms with Crippen molar-refractivity contribution < 1.29 is 18.7 Å². The molecule has 2 heterocycles. The summed E-state index contributed by atoms with van der Waals surface area (Å²) in [5, 5.41) is 14.2. The van der Waals surface area contributed by atoms with E-state index in [9.17, 15) is 9.59 Å². The van der Waals surface area contributed by atoms with Gasteiger partial charge in [0.05, 0.1) is 11.3 Å². The summed E-state index contributed by atoms with van der Waals surface area (Å²) in [6.07, 6.45) is 1.70. The van der Waals surface area contributed by atoms with Crippen LogP contribution in [0.4, 0.5) is 6.01 Å². The number of aryl methyl sites for hydroxylation is 1. The van der Waals surface area contributed by atoms with Crippen molar-refractivity contribution in [1.82, 2.24) is 20.0 Å². The number of carbonyl (C=O) groups is 2. The second-order valence-electron chi connectivity index (χ2n) is 6.33. The Morgan fingerprint density at radius 3 is 2.50 bits per heavy atom. The van der Waals surface area contributed by atoms with Crippen LogP contribution in [0.25, 0.3) is 17.1 Å². The van der Waals surface area contributed by atoms with Crippen molar-refractivity contribution >= 4 is 17.9 Å². The zero-order chi connectivity index (χ0) is 20.9. The van der Waals surface area contributed by atoms with E-state index in [2.05, 4.69) is 20.6 Å². The van der Waals surface area contributed by atoms with Crippen molar-refractivity contribution in [3.63, 3.8) is 0 Å². The molecular formula is C21H17N5O4. The van der Waals surface area contributed by atoms with Crippen molar-refractivity contribution in [3.8, 4) is 17.1 Å². The van der Waals surface area contributed by atoms with Crippen molar-refractivity contribution in [1.29, 1.82) is 0 Å². The van der Waals surface area contributed by atoms with Crippen molar-refractivity contribution in [2.45, 2.75) is 6.92 Å². The summed E-state index contributed by atoms with van der Waals surface area (Å²) in [6.45, 7) is 1.45. The highest BCUT2D eigenvalue weighted by atomic mass is 16.5. The van der Waals surface area contributed by atoms with Crippen LogP contribution in [0.1, 0.15) is 16.1 Å². The summed E-state index contributed by atoms with van der Waals surface area (Å²) < 4.78 is 12.2. The van der Waals surface area contributed by atoms with Crippen LogP contribution < -0.4 is 5.32 Å². The van der Waals surface area contributed by atoms with Crippen LogP contribution in [-0.2, 0) is 9.53 Å². The molecule has 0 aliphatic carbocycles. The zero-order valence-corrected chi connectivity index (χ0v) is 16.0. The maximum atomic E-state index is 12.2. The molecule has 0 unspecified atom stereocenters. The highest BCUT2D eigenvalue weighted by Crippen LogP contribution is 2.19. The van der Waals surface area contributed by atoms with Gasteiger partial charge in [-0.3, -0.25) is 10.1 Å². The van der Waals surface area contributed by atoms with Gasteiger partial charge in [0.1, 0.15) is 0 Å². The Bertz CT molecular complexity index is 1170. The molecule has 9 nitrogen and oxygen atoms in total. The van der Waals surface area contributed by atoms with Crippen LogP contribution in [0.5, 0.6) is 0 Å². The van der Waals surface area contributed by atoms with E-state index in [0.717, 1.165) is 16.9 Å². The minimum absolute atomic E-state index is 0.0751. The number of benzene rings is 2. The summed E-state index contributed by atoms with van der Waals surface area (Å²) in [5.74, 6) is -0.935. The van der Waals surface area contributed by atoms with E-state index >= 15 is 0 Å². The average molecular weight is 403 g/mol. The van der Waals surface area contributed by atoms with E-state index in [1.165, 1.54) is 0 Å². The lowest BCUT2D eigenvalue weighted by Gasteiger charge is -2.07. The van der Waals surface area contributed by atoms with Crippen molar-refractivity contribution in [3.05, 3.63) is 78.1 Å². The monoisotopic (exact) mass is 403 g/mol. The number of esters is 1. The molecule has 0 aliphatic rings. The maximum absolute atomic E-state index is 12.2. The third-order valence-electron chi connectivity index (χ3n) is 4.21. The molecule has 0 aliphatic heterocycles. The molecular weight excluding hydrogens is 386 g/mol. The van der Waals surface area contributed by atoms with Gasteiger partial charge < -0.3 is 9.15 Å². The van der Waals surface area contributed by atoms with Gasteiger partial charge in [-0.25, -0.2) is 9.48 Å². The number of ether oxygens (including phenoxy) is 1. The molecule has 0 fully saturated rings. The number of nitrogens with zero attached hydrogens (tertiary/aromatic N) is 4. The van der Waals surface area contributed by atoms with E-state index in [4.69, 9.17) is 9.15 Å². The molecule has 4 rings (SSSR count).